The summed E-state index contributed by atoms with van der Waals surface area (Å²) in [5, 5.41) is 17.2. The van der Waals surface area contributed by atoms with Gasteiger partial charge in [-0.15, -0.1) is 0 Å². The third-order valence-corrected chi connectivity index (χ3v) is 7.61. The average Bonchev–Trinajstić information content (AvgIpc) is 3.38. The zero-order valence-electron chi connectivity index (χ0n) is 22.6. The van der Waals surface area contributed by atoms with Gasteiger partial charge in [-0.3, -0.25) is 9.69 Å². The number of nitrogens with one attached hydrogen (secondary N) is 1. The van der Waals surface area contributed by atoms with Crippen molar-refractivity contribution in [3.05, 3.63) is 59.4 Å². The molecule has 0 aliphatic carbocycles. The number of morpholine rings is 1. The SMILES string of the molecule is COc1ccc(-n2ncc(C(=O)Nc3ccc(N4CCC(N5CCOCC5)CC4)c(C#N)c3)c2C)cc1OC. The lowest BCUT2D eigenvalue weighted by Crippen LogP contribution is -2.49. The number of piperidine rings is 1. The van der Waals surface area contributed by atoms with Gasteiger partial charge >= 0.3 is 0 Å². The van der Waals surface area contributed by atoms with Gasteiger partial charge in [-0.25, -0.2) is 4.68 Å². The Hall–Kier alpha value is -4.07. The first-order valence-electron chi connectivity index (χ1n) is 13.2. The maximum atomic E-state index is 13.2. The van der Waals surface area contributed by atoms with Crippen LogP contribution in [0.25, 0.3) is 5.69 Å². The van der Waals surface area contributed by atoms with E-state index in [2.05, 4.69) is 26.3 Å². The first kappa shape index (κ1) is 26.5. The molecule has 2 aliphatic rings. The summed E-state index contributed by atoms with van der Waals surface area (Å²) in [4.78, 5) is 18.0. The van der Waals surface area contributed by atoms with Gasteiger partial charge in [0.15, 0.2) is 11.5 Å². The Labute approximate surface area is 228 Å². The van der Waals surface area contributed by atoms with Crippen molar-refractivity contribution in [3.8, 4) is 23.3 Å². The monoisotopic (exact) mass is 530 g/mol. The number of anilines is 2. The highest BCUT2D eigenvalue weighted by Crippen LogP contribution is 2.31. The van der Waals surface area contributed by atoms with Crippen LogP contribution in [0.2, 0.25) is 0 Å². The molecule has 2 fully saturated rings. The van der Waals surface area contributed by atoms with Gasteiger partial charge in [0.2, 0.25) is 0 Å². The van der Waals surface area contributed by atoms with E-state index in [1.54, 1.807) is 37.2 Å². The van der Waals surface area contributed by atoms with Crippen molar-refractivity contribution in [3.63, 3.8) is 0 Å². The highest BCUT2D eigenvalue weighted by molar-refractivity contribution is 6.05. The second kappa shape index (κ2) is 11.8. The lowest BCUT2D eigenvalue weighted by Gasteiger charge is -2.41. The molecule has 0 saturated carbocycles. The minimum atomic E-state index is -0.290. The van der Waals surface area contributed by atoms with Gasteiger partial charge in [-0.2, -0.15) is 10.4 Å². The lowest BCUT2D eigenvalue weighted by atomic mass is 10.0. The molecule has 1 N–H and O–H groups in total. The van der Waals surface area contributed by atoms with E-state index in [0.717, 1.165) is 63.6 Å². The molecule has 10 nitrogen and oxygen atoms in total. The van der Waals surface area contributed by atoms with Crippen molar-refractivity contribution in [2.75, 3.05) is 63.8 Å². The highest BCUT2D eigenvalue weighted by Gasteiger charge is 2.27. The fraction of sp³-hybridized carbons (Fsp3) is 0.414. The summed E-state index contributed by atoms with van der Waals surface area (Å²) in [7, 11) is 3.16. The number of carbonyl (C=O) groups excluding carboxylic acids is 1. The number of amides is 1. The fourth-order valence-electron chi connectivity index (χ4n) is 5.44. The van der Waals surface area contributed by atoms with Crippen molar-refractivity contribution < 1.29 is 19.0 Å². The fourth-order valence-corrected chi connectivity index (χ4v) is 5.44. The number of aromatic nitrogens is 2. The van der Waals surface area contributed by atoms with Crippen LogP contribution in [-0.2, 0) is 4.74 Å². The van der Waals surface area contributed by atoms with Crippen molar-refractivity contribution in [2.45, 2.75) is 25.8 Å². The predicted octanol–water partition coefficient (Wildman–Crippen LogP) is 3.62. The second-order valence-electron chi connectivity index (χ2n) is 9.76. The summed E-state index contributed by atoms with van der Waals surface area (Å²) in [5.74, 6) is 0.898. The quantitative estimate of drug-likeness (QED) is 0.494. The standard InChI is InChI=1S/C29H34N6O4/c1-20-25(19-31-35(20)24-5-7-27(37-2)28(17-24)38-3)29(36)32-22-4-6-26(21(16-22)18-30)34-10-8-23(9-11-34)33-12-14-39-15-13-33/h4-7,16-17,19,23H,8-15H2,1-3H3,(H,32,36). The van der Waals surface area contributed by atoms with Gasteiger partial charge in [0.1, 0.15) is 6.07 Å². The number of hydrogen-bond acceptors (Lipinski definition) is 8. The van der Waals surface area contributed by atoms with Crippen molar-refractivity contribution in [1.29, 1.82) is 5.26 Å². The Morgan fingerprint density at radius 2 is 1.79 bits per heavy atom. The van der Waals surface area contributed by atoms with Crippen LogP contribution in [0.15, 0.2) is 42.6 Å². The zero-order chi connectivity index (χ0) is 27.4. The van der Waals surface area contributed by atoms with E-state index >= 15 is 0 Å². The summed E-state index contributed by atoms with van der Waals surface area (Å²) < 4.78 is 17.9. The summed E-state index contributed by atoms with van der Waals surface area (Å²) in [6.45, 7) is 7.24. The highest BCUT2D eigenvalue weighted by atomic mass is 16.5. The molecule has 39 heavy (non-hydrogen) atoms. The van der Waals surface area contributed by atoms with Crippen LogP contribution in [0.1, 0.15) is 34.5 Å². The molecule has 10 heteroatoms. The van der Waals surface area contributed by atoms with E-state index in [4.69, 9.17) is 14.2 Å². The summed E-state index contributed by atoms with van der Waals surface area (Å²) in [6, 6.07) is 13.9. The molecule has 2 aromatic carbocycles. The maximum Gasteiger partial charge on any atom is 0.259 e. The number of rotatable bonds is 7. The molecule has 0 spiro atoms. The molecule has 1 aromatic heterocycles. The molecule has 204 valence electrons. The van der Waals surface area contributed by atoms with E-state index in [1.165, 1.54) is 0 Å². The van der Waals surface area contributed by atoms with Crippen LogP contribution in [0.4, 0.5) is 11.4 Å². The molecule has 3 heterocycles. The number of nitrogens with zero attached hydrogens (tertiary/aromatic N) is 5. The van der Waals surface area contributed by atoms with Crippen LogP contribution < -0.4 is 19.7 Å². The van der Waals surface area contributed by atoms with E-state index < -0.39 is 0 Å². The van der Waals surface area contributed by atoms with Crippen LogP contribution in [0, 0.1) is 18.3 Å². The lowest BCUT2D eigenvalue weighted by molar-refractivity contribution is 0.0115. The van der Waals surface area contributed by atoms with E-state index in [-0.39, 0.29) is 5.91 Å². The normalized spacial score (nSPS) is 16.5. The van der Waals surface area contributed by atoms with Crippen molar-refractivity contribution >= 4 is 17.3 Å². The number of ether oxygens (including phenoxy) is 3. The third kappa shape index (κ3) is 5.55. The Balaban J connectivity index is 1.27. The summed E-state index contributed by atoms with van der Waals surface area (Å²) in [5.41, 5.74) is 3.90. The molecule has 2 aliphatic heterocycles. The minimum absolute atomic E-state index is 0.290. The molecule has 1 amide bonds. The zero-order valence-corrected chi connectivity index (χ0v) is 22.6. The number of nitriles is 1. The molecule has 2 saturated heterocycles. The van der Waals surface area contributed by atoms with Crippen molar-refractivity contribution in [2.24, 2.45) is 0 Å². The first-order chi connectivity index (χ1) is 19.0. The van der Waals surface area contributed by atoms with Gasteiger partial charge < -0.3 is 24.4 Å². The minimum Gasteiger partial charge on any atom is -0.493 e. The van der Waals surface area contributed by atoms with Crippen LogP contribution in [-0.4, -0.2) is 80.2 Å². The number of hydrogen-bond donors (Lipinski definition) is 1. The smallest absolute Gasteiger partial charge is 0.259 e. The second-order valence-corrected chi connectivity index (χ2v) is 9.76. The third-order valence-electron chi connectivity index (χ3n) is 7.61. The molecular weight excluding hydrogens is 496 g/mol. The Kier molecular flexibility index (Phi) is 8.00. The van der Waals surface area contributed by atoms with Gasteiger partial charge in [-0.05, 0) is 50.1 Å². The molecule has 5 rings (SSSR count). The van der Waals surface area contributed by atoms with E-state index in [1.807, 2.05) is 31.2 Å². The predicted molar refractivity (Wildman–Crippen MR) is 148 cm³/mol. The average molecular weight is 531 g/mol. The molecule has 0 unspecified atom stereocenters. The van der Waals surface area contributed by atoms with Crippen LogP contribution >= 0.6 is 0 Å². The van der Waals surface area contributed by atoms with Gasteiger partial charge in [-0.1, -0.05) is 0 Å². The maximum absolute atomic E-state index is 13.2. The van der Waals surface area contributed by atoms with Crippen molar-refractivity contribution in [1.82, 2.24) is 14.7 Å². The first-order valence-corrected chi connectivity index (χ1v) is 13.2. The van der Waals surface area contributed by atoms with Gasteiger partial charge in [0, 0.05) is 44.0 Å². The Morgan fingerprint density at radius 3 is 2.49 bits per heavy atom. The number of carbonyl (C=O) groups is 1. The van der Waals surface area contributed by atoms with E-state index in [0.29, 0.717) is 40.0 Å². The summed E-state index contributed by atoms with van der Waals surface area (Å²) >= 11 is 0. The van der Waals surface area contributed by atoms with Crippen LogP contribution in [0.5, 0.6) is 11.5 Å². The molecule has 3 aromatic rings. The Morgan fingerprint density at radius 1 is 1.05 bits per heavy atom. The summed E-state index contributed by atoms with van der Waals surface area (Å²) in [6.07, 6.45) is 3.67. The molecule has 0 radical (unpaired) electrons. The molecular formula is C29H34N6O4. The molecule has 0 bridgehead atoms. The van der Waals surface area contributed by atoms with E-state index in [9.17, 15) is 10.1 Å². The largest absolute Gasteiger partial charge is 0.493 e. The van der Waals surface area contributed by atoms with Gasteiger partial charge in [0.05, 0.1) is 61.8 Å². The molecule has 0 atom stereocenters. The number of methoxy groups -OCH3 is 2. The number of benzene rings is 2. The van der Waals surface area contributed by atoms with Gasteiger partial charge in [0.25, 0.3) is 5.91 Å². The van der Waals surface area contributed by atoms with Crippen LogP contribution in [0.3, 0.4) is 0 Å². The Bertz CT molecular complexity index is 1370. The topological polar surface area (TPSA) is 105 Å².